The summed E-state index contributed by atoms with van der Waals surface area (Å²) in [5.74, 6) is 0. The van der Waals surface area contributed by atoms with Gasteiger partial charge in [-0.2, -0.15) is 0 Å². The molecule has 2 heterocycles. The van der Waals surface area contributed by atoms with Crippen LogP contribution in [0.1, 0.15) is 27.8 Å². The van der Waals surface area contributed by atoms with E-state index in [0.717, 1.165) is 17.5 Å². The molecule has 0 saturated heterocycles. The fraction of sp³-hybridized carbons (Fsp3) is 0.250. The first-order valence-corrected chi connectivity index (χ1v) is 6.69. The average molecular weight is 235 g/mol. The summed E-state index contributed by atoms with van der Waals surface area (Å²) in [6.07, 6.45) is 1.01. The molecule has 2 aromatic heterocycles. The number of hydrogen-bond acceptors (Lipinski definition) is 3. The van der Waals surface area contributed by atoms with Crippen molar-refractivity contribution < 1.29 is 0 Å². The van der Waals surface area contributed by atoms with E-state index in [0.29, 0.717) is 5.71 Å². The first-order valence-electron chi connectivity index (χ1n) is 4.93. The van der Waals surface area contributed by atoms with Crippen molar-refractivity contribution in [3.63, 3.8) is 0 Å². The first-order chi connectivity index (χ1) is 7.24. The van der Waals surface area contributed by atoms with Crippen LogP contribution in [0.5, 0.6) is 0 Å². The molecule has 0 fully saturated rings. The van der Waals surface area contributed by atoms with E-state index in [2.05, 4.69) is 30.7 Å². The van der Waals surface area contributed by atoms with Gasteiger partial charge >= 0.3 is 0 Å². The smallest absolute Gasteiger partial charge is 0.0706 e. The monoisotopic (exact) mass is 235 g/mol. The zero-order valence-corrected chi connectivity index (χ0v) is 10.5. The maximum absolute atomic E-state index is 8.20. The second kappa shape index (κ2) is 4.29. The highest BCUT2D eigenvalue weighted by Gasteiger charge is 2.12. The van der Waals surface area contributed by atoms with Gasteiger partial charge in [0.05, 0.1) is 5.71 Å². The number of rotatable bonds is 3. The molecule has 2 rings (SSSR count). The lowest BCUT2D eigenvalue weighted by atomic mass is 10.0. The second-order valence-electron chi connectivity index (χ2n) is 3.38. The molecule has 0 amide bonds. The van der Waals surface area contributed by atoms with E-state index >= 15 is 0 Å². The Balaban J connectivity index is 2.41. The zero-order chi connectivity index (χ0) is 10.8. The van der Waals surface area contributed by atoms with E-state index in [1.54, 1.807) is 22.7 Å². The van der Waals surface area contributed by atoms with Crippen LogP contribution in [0.2, 0.25) is 0 Å². The van der Waals surface area contributed by atoms with Gasteiger partial charge in [-0.25, -0.2) is 0 Å². The van der Waals surface area contributed by atoms with Crippen molar-refractivity contribution >= 4 is 28.4 Å². The van der Waals surface area contributed by atoms with Crippen molar-refractivity contribution in [2.45, 2.75) is 20.3 Å². The Bertz CT molecular complexity index is 479. The molecule has 0 spiro atoms. The minimum Gasteiger partial charge on any atom is -0.300 e. The highest BCUT2D eigenvalue weighted by molar-refractivity contribution is 7.10. The zero-order valence-electron chi connectivity index (χ0n) is 8.83. The predicted octanol–water partition coefficient (Wildman–Crippen LogP) is 4.10. The predicted molar refractivity (Wildman–Crippen MR) is 68.7 cm³/mol. The van der Waals surface area contributed by atoms with Crippen LogP contribution < -0.4 is 0 Å². The number of nitrogens with one attached hydrogen (secondary N) is 1. The van der Waals surface area contributed by atoms with Crippen LogP contribution in [0.4, 0.5) is 0 Å². The van der Waals surface area contributed by atoms with E-state index < -0.39 is 0 Å². The Morgan fingerprint density at radius 2 is 1.87 bits per heavy atom. The molecular formula is C12H13NS2. The molecule has 3 heteroatoms. The standard InChI is InChI=1S/C12H13NS2/c1-3-11-10(5-7-15-11)12(13)9-4-6-14-8(9)2/h4-7,13H,3H2,1-2H3. The fourth-order valence-corrected chi connectivity index (χ4v) is 3.16. The van der Waals surface area contributed by atoms with E-state index in [1.165, 1.54) is 9.75 Å². The minimum atomic E-state index is 0.673. The molecule has 0 atom stereocenters. The number of hydrogen-bond donors (Lipinski definition) is 1. The SMILES string of the molecule is CCc1sccc1C(=N)c1ccsc1C. The molecular weight excluding hydrogens is 222 g/mol. The molecule has 0 saturated carbocycles. The highest BCUT2D eigenvalue weighted by Crippen LogP contribution is 2.24. The maximum Gasteiger partial charge on any atom is 0.0706 e. The lowest BCUT2D eigenvalue weighted by molar-refractivity contribution is 1.18. The summed E-state index contributed by atoms with van der Waals surface area (Å²) in [6, 6.07) is 4.10. The molecule has 1 N–H and O–H groups in total. The van der Waals surface area contributed by atoms with E-state index in [4.69, 9.17) is 5.41 Å². The molecule has 0 aliphatic carbocycles. The van der Waals surface area contributed by atoms with Crippen LogP contribution in [0.3, 0.4) is 0 Å². The minimum absolute atomic E-state index is 0.673. The summed E-state index contributed by atoms with van der Waals surface area (Å²) in [5.41, 5.74) is 2.85. The molecule has 78 valence electrons. The molecule has 15 heavy (non-hydrogen) atoms. The summed E-state index contributed by atoms with van der Waals surface area (Å²) in [4.78, 5) is 2.54. The molecule has 0 bridgehead atoms. The van der Waals surface area contributed by atoms with Crippen LogP contribution in [-0.4, -0.2) is 5.71 Å². The van der Waals surface area contributed by atoms with E-state index in [1.807, 2.05) is 6.07 Å². The van der Waals surface area contributed by atoms with Crippen LogP contribution >= 0.6 is 22.7 Å². The summed E-state index contributed by atoms with van der Waals surface area (Å²) in [7, 11) is 0. The highest BCUT2D eigenvalue weighted by atomic mass is 32.1. The third-order valence-electron chi connectivity index (χ3n) is 2.46. The quantitative estimate of drug-likeness (QED) is 0.775. The van der Waals surface area contributed by atoms with Gasteiger partial charge in [-0.05, 0) is 36.2 Å². The van der Waals surface area contributed by atoms with Crippen molar-refractivity contribution in [1.82, 2.24) is 0 Å². The third-order valence-corrected chi connectivity index (χ3v) is 4.37. The summed E-state index contributed by atoms with van der Waals surface area (Å²) in [5, 5.41) is 12.3. The molecule has 0 unspecified atom stereocenters. The molecule has 0 aliphatic rings. The van der Waals surface area contributed by atoms with E-state index in [-0.39, 0.29) is 0 Å². The van der Waals surface area contributed by atoms with Crippen molar-refractivity contribution in [3.8, 4) is 0 Å². The summed E-state index contributed by atoms with van der Waals surface area (Å²) in [6.45, 7) is 4.22. The second-order valence-corrected chi connectivity index (χ2v) is 5.50. The summed E-state index contributed by atoms with van der Waals surface area (Å²) < 4.78 is 0. The Labute approximate surface area is 97.9 Å². The van der Waals surface area contributed by atoms with Gasteiger partial charge in [0.2, 0.25) is 0 Å². The van der Waals surface area contributed by atoms with Crippen LogP contribution in [0.25, 0.3) is 0 Å². The molecule has 0 aliphatic heterocycles. The lowest BCUT2D eigenvalue weighted by Gasteiger charge is -2.03. The van der Waals surface area contributed by atoms with Gasteiger partial charge in [0, 0.05) is 20.9 Å². The largest absolute Gasteiger partial charge is 0.300 e. The van der Waals surface area contributed by atoms with E-state index in [9.17, 15) is 0 Å². The Morgan fingerprint density at radius 1 is 1.20 bits per heavy atom. The molecule has 1 nitrogen and oxygen atoms in total. The van der Waals surface area contributed by atoms with Gasteiger partial charge in [0.25, 0.3) is 0 Å². The van der Waals surface area contributed by atoms with Gasteiger partial charge in [0.1, 0.15) is 0 Å². The number of aryl methyl sites for hydroxylation is 2. The lowest BCUT2D eigenvalue weighted by Crippen LogP contribution is -2.02. The Morgan fingerprint density at radius 3 is 2.47 bits per heavy atom. The van der Waals surface area contributed by atoms with Crippen molar-refractivity contribution in [3.05, 3.63) is 43.8 Å². The van der Waals surface area contributed by atoms with Crippen molar-refractivity contribution in [2.75, 3.05) is 0 Å². The molecule has 0 radical (unpaired) electrons. The number of thiophene rings is 2. The van der Waals surface area contributed by atoms with Crippen LogP contribution in [0.15, 0.2) is 22.9 Å². The Kier molecular flexibility index (Phi) is 3.03. The first kappa shape index (κ1) is 10.6. The maximum atomic E-state index is 8.20. The van der Waals surface area contributed by atoms with Crippen molar-refractivity contribution in [2.24, 2.45) is 0 Å². The molecule has 2 aromatic rings. The van der Waals surface area contributed by atoms with Crippen molar-refractivity contribution in [1.29, 1.82) is 5.41 Å². The van der Waals surface area contributed by atoms with Crippen LogP contribution in [0, 0.1) is 12.3 Å². The Hall–Kier alpha value is -0.930. The van der Waals surface area contributed by atoms with Gasteiger partial charge in [-0.1, -0.05) is 6.92 Å². The van der Waals surface area contributed by atoms with Gasteiger partial charge in [-0.15, -0.1) is 22.7 Å². The summed E-state index contributed by atoms with van der Waals surface area (Å²) >= 11 is 3.45. The fourth-order valence-electron chi connectivity index (χ4n) is 1.63. The average Bonchev–Trinajstić information content (AvgIpc) is 2.84. The van der Waals surface area contributed by atoms with Gasteiger partial charge < -0.3 is 0 Å². The topological polar surface area (TPSA) is 23.9 Å². The molecule has 0 aromatic carbocycles. The van der Waals surface area contributed by atoms with Gasteiger partial charge in [-0.3, -0.25) is 5.41 Å². The van der Waals surface area contributed by atoms with Gasteiger partial charge in [0.15, 0.2) is 0 Å². The van der Waals surface area contributed by atoms with Crippen LogP contribution in [-0.2, 0) is 6.42 Å². The third kappa shape index (κ3) is 1.90. The normalized spacial score (nSPS) is 10.5.